The number of alkyl halides is 2. The monoisotopic (exact) mass is 311 g/mol. The van der Waals surface area contributed by atoms with Gasteiger partial charge < -0.3 is 20.7 Å². The summed E-state index contributed by atoms with van der Waals surface area (Å²) in [6.45, 7) is -0.770. The molecule has 0 amide bonds. The Labute approximate surface area is 116 Å². The molecule has 4 atom stereocenters. The van der Waals surface area contributed by atoms with Crippen LogP contribution in [0.3, 0.4) is 0 Å². The summed E-state index contributed by atoms with van der Waals surface area (Å²) in [5, 5.41) is 19.0. The highest BCUT2D eigenvalue weighted by Gasteiger charge is 2.55. The molecule has 1 fully saturated rings. The molecular weight excluding hydrogens is 300 g/mol. The van der Waals surface area contributed by atoms with E-state index in [4.69, 9.17) is 22.1 Å². The molecule has 0 saturated carbocycles. The van der Waals surface area contributed by atoms with Gasteiger partial charge in [0, 0.05) is 0 Å². The van der Waals surface area contributed by atoms with Gasteiger partial charge >= 0.3 is 5.69 Å². The van der Waals surface area contributed by atoms with Crippen molar-refractivity contribution in [3.63, 3.8) is 0 Å². The second-order valence-corrected chi connectivity index (χ2v) is 4.69. The van der Waals surface area contributed by atoms with Gasteiger partial charge in [-0.2, -0.15) is 4.98 Å². The largest absolute Gasteiger partial charge is 0.393 e. The van der Waals surface area contributed by atoms with E-state index in [9.17, 15) is 23.8 Å². The maximum Gasteiger partial charge on any atom is 0.351 e. The van der Waals surface area contributed by atoms with Crippen LogP contribution in [0.25, 0.3) is 0 Å². The van der Waals surface area contributed by atoms with Gasteiger partial charge in [0.25, 0.3) is 0 Å². The number of aliphatic hydroxyl groups is 2. The molecule has 1 aliphatic rings. The van der Waals surface area contributed by atoms with Crippen LogP contribution in [0.1, 0.15) is 6.23 Å². The van der Waals surface area contributed by atoms with E-state index < -0.39 is 53.9 Å². The van der Waals surface area contributed by atoms with Crippen molar-refractivity contribution in [2.45, 2.75) is 24.1 Å². The Bertz CT molecular complexity index is 566. The number of ether oxygens (including phenoxy) is 1. The summed E-state index contributed by atoms with van der Waals surface area (Å²) in [5.74, 6) is -2.09. The molecule has 0 spiro atoms. The summed E-state index contributed by atoms with van der Waals surface area (Å²) >= 11 is 5.57. The van der Waals surface area contributed by atoms with Crippen molar-refractivity contribution in [3.8, 4) is 0 Å². The fraction of sp³-hybridized carbons (Fsp3) is 0.600. The standard InChI is InChI=1S/C10H12ClF2N3O4/c11-2-10(3-17)6(18)5(13)8(20-10)16-1-4(12)7(14)15-9(16)19/h1,5-6,8,17-18H,2-3H2,(H2,14,15,19)/t5?,6-,8+,10+/m0/s1. The molecule has 2 heterocycles. The van der Waals surface area contributed by atoms with Crippen molar-refractivity contribution in [1.82, 2.24) is 9.55 Å². The second kappa shape index (κ2) is 5.24. The first kappa shape index (κ1) is 15.1. The molecule has 0 bridgehead atoms. The van der Waals surface area contributed by atoms with Crippen LogP contribution in [0.2, 0.25) is 0 Å². The Hall–Kier alpha value is -1.29. The van der Waals surface area contributed by atoms with E-state index in [1.165, 1.54) is 0 Å². The van der Waals surface area contributed by atoms with E-state index in [1.54, 1.807) is 0 Å². The molecular formula is C10H12ClF2N3O4. The van der Waals surface area contributed by atoms with Gasteiger partial charge in [0.1, 0.15) is 11.7 Å². The lowest BCUT2D eigenvalue weighted by molar-refractivity contribution is -0.115. The summed E-state index contributed by atoms with van der Waals surface area (Å²) in [6.07, 6.45) is -4.91. The predicted octanol–water partition coefficient (Wildman–Crippen LogP) is -0.838. The van der Waals surface area contributed by atoms with Crippen LogP contribution in [0, 0.1) is 5.82 Å². The number of hydrogen-bond acceptors (Lipinski definition) is 6. The zero-order valence-corrected chi connectivity index (χ0v) is 10.8. The molecule has 1 saturated heterocycles. The number of rotatable bonds is 3. The molecule has 0 radical (unpaired) electrons. The van der Waals surface area contributed by atoms with Crippen molar-refractivity contribution in [2.75, 3.05) is 18.2 Å². The van der Waals surface area contributed by atoms with Gasteiger partial charge in [0.05, 0.1) is 18.7 Å². The molecule has 0 aromatic carbocycles. The van der Waals surface area contributed by atoms with Gasteiger partial charge in [-0.3, -0.25) is 4.57 Å². The van der Waals surface area contributed by atoms with Crippen LogP contribution in [0.5, 0.6) is 0 Å². The van der Waals surface area contributed by atoms with E-state index in [-0.39, 0.29) is 0 Å². The molecule has 10 heteroatoms. The third-order valence-corrected chi connectivity index (χ3v) is 3.62. The van der Waals surface area contributed by atoms with Crippen molar-refractivity contribution >= 4 is 17.4 Å². The number of aliphatic hydroxyl groups excluding tert-OH is 2. The topological polar surface area (TPSA) is 111 Å². The van der Waals surface area contributed by atoms with Crippen molar-refractivity contribution in [3.05, 3.63) is 22.5 Å². The maximum absolute atomic E-state index is 14.1. The summed E-state index contributed by atoms with van der Waals surface area (Å²) in [7, 11) is 0. The van der Waals surface area contributed by atoms with Crippen molar-refractivity contribution in [2.24, 2.45) is 0 Å². The quantitative estimate of drug-likeness (QED) is 0.628. The molecule has 1 aromatic rings. The fourth-order valence-corrected chi connectivity index (χ4v) is 2.26. The van der Waals surface area contributed by atoms with Crippen LogP contribution in [-0.2, 0) is 4.74 Å². The fourth-order valence-electron chi connectivity index (χ4n) is 1.96. The maximum atomic E-state index is 14.1. The Kier molecular flexibility index (Phi) is 3.96. The minimum Gasteiger partial charge on any atom is -0.393 e. The lowest BCUT2D eigenvalue weighted by atomic mass is 9.99. The first-order valence-electron chi connectivity index (χ1n) is 5.57. The Morgan fingerprint density at radius 1 is 1.65 bits per heavy atom. The number of aromatic nitrogens is 2. The number of nitrogens with zero attached hydrogens (tertiary/aromatic N) is 2. The second-order valence-electron chi connectivity index (χ2n) is 4.42. The molecule has 4 N–H and O–H groups in total. The smallest absolute Gasteiger partial charge is 0.351 e. The van der Waals surface area contributed by atoms with E-state index in [2.05, 4.69) is 4.98 Å². The lowest BCUT2D eigenvalue weighted by Gasteiger charge is -2.26. The van der Waals surface area contributed by atoms with Crippen LogP contribution in [-0.4, -0.2) is 50.1 Å². The molecule has 7 nitrogen and oxygen atoms in total. The third kappa shape index (κ3) is 2.16. The molecule has 0 aliphatic carbocycles. The summed E-state index contributed by atoms with van der Waals surface area (Å²) in [5.41, 5.74) is 2.29. The zero-order valence-electron chi connectivity index (χ0n) is 10.0. The van der Waals surface area contributed by atoms with Gasteiger partial charge in [0.15, 0.2) is 24.0 Å². The Balaban J connectivity index is 2.45. The van der Waals surface area contributed by atoms with Crippen LogP contribution in [0.4, 0.5) is 14.6 Å². The van der Waals surface area contributed by atoms with Gasteiger partial charge in [-0.15, -0.1) is 11.6 Å². The molecule has 2 rings (SSSR count). The normalized spacial score (nSPS) is 33.5. The zero-order chi connectivity index (χ0) is 15.1. The lowest BCUT2D eigenvalue weighted by Crippen LogP contribution is -2.47. The Morgan fingerprint density at radius 3 is 2.80 bits per heavy atom. The number of hydrogen-bond donors (Lipinski definition) is 3. The molecule has 112 valence electrons. The number of anilines is 1. The highest BCUT2D eigenvalue weighted by molar-refractivity contribution is 6.18. The number of nitrogens with two attached hydrogens (primary N) is 1. The minimum atomic E-state index is -2.09. The summed E-state index contributed by atoms with van der Waals surface area (Å²) in [6, 6.07) is 0. The number of nitrogen functional groups attached to an aromatic ring is 1. The molecule has 20 heavy (non-hydrogen) atoms. The van der Waals surface area contributed by atoms with Crippen LogP contribution < -0.4 is 11.4 Å². The molecule has 1 aromatic heterocycles. The highest BCUT2D eigenvalue weighted by atomic mass is 35.5. The summed E-state index contributed by atoms with van der Waals surface area (Å²) < 4.78 is 33.1. The van der Waals surface area contributed by atoms with Crippen molar-refractivity contribution < 1.29 is 23.7 Å². The molecule has 1 aliphatic heterocycles. The molecule has 1 unspecified atom stereocenters. The third-order valence-electron chi connectivity index (χ3n) is 3.17. The highest BCUT2D eigenvalue weighted by Crippen LogP contribution is 2.39. The summed E-state index contributed by atoms with van der Waals surface area (Å²) in [4.78, 5) is 14.8. The van der Waals surface area contributed by atoms with Gasteiger partial charge in [-0.25, -0.2) is 13.6 Å². The van der Waals surface area contributed by atoms with Crippen LogP contribution in [0.15, 0.2) is 11.0 Å². The van der Waals surface area contributed by atoms with Crippen molar-refractivity contribution in [1.29, 1.82) is 0 Å². The minimum absolute atomic E-state index is 0.415. The van der Waals surface area contributed by atoms with E-state index in [0.29, 0.717) is 10.8 Å². The van der Waals surface area contributed by atoms with Gasteiger partial charge in [-0.05, 0) is 0 Å². The van der Waals surface area contributed by atoms with E-state index in [0.717, 1.165) is 0 Å². The number of halogens is 3. The first-order valence-corrected chi connectivity index (χ1v) is 6.10. The van der Waals surface area contributed by atoms with E-state index >= 15 is 0 Å². The predicted molar refractivity (Wildman–Crippen MR) is 64.4 cm³/mol. The van der Waals surface area contributed by atoms with E-state index in [1.807, 2.05) is 0 Å². The SMILES string of the molecule is Nc1nc(=O)n([C@@H]2O[C@@](CO)(CCl)[C@@H](O)C2F)cc1F. The average Bonchev–Trinajstić information content (AvgIpc) is 2.68. The average molecular weight is 312 g/mol. The first-order chi connectivity index (χ1) is 9.36. The van der Waals surface area contributed by atoms with Gasteiger partial charge in [0.2, 0.25) is 0 Å². The van der Waals surface area contributed by atoms with Crippen LogP contribution >= 0.6 is 11.6 Å². The van der Waals surface area contributed by atoms with Gasteiger partial charge in [-0.1, -0.05) is 0 Å². The Morgan fingerprint density at radius 2 is 2.30 bits per heavy atom.